The van der Waals surface area contributed by atoms with E-state index in [1.165, 1.54) is 11.6 Å². The van der Waals surface area contributed by atoms with Crippen molar-refractivity contribution in [2.75, 3.05) is 6.61 Å². The van der Waals surface area contributed by atoms with Gasteiger partial charge in [0, 0.05) is 10.4 Å². The van der Waals surface area contributed by atoms with Gasteiger partial charge in [-0.2, -0.15) is 0 Å². The van der Waals surface area contributed by atoms with Crippen molar-refractivity contribution in [3.8, 4) is 0 Å². The molecule has 0 unspecified atom stereocenters. The van der Waals surface area contributed by atoms with Crippen molar-refractivity contribution < 1.29 is 9.13 Å². The first-order chi connectivity index (χ1) is 10.1. The average Bonchev–Trinajstić information content (AvgIpc) is 3.24. The zero-order valence-corrected chi connectivity index (χ0v) is 13.8. The van der Waals surface area contributed by atoms with E-state index in [4.69, 9.17) is 16.3 Å². The van der Waals surface area contributed by atoms with Gasteiger partial charge in [0.05, 0.1) is 17.7 Å². The number of ether oxygens (including phenoxy) is 1. The van der Waals surface area contributed by atoms with E-state index in [0.29, 0.717) is 17.7 Å². The van der Waals surface area contributed by atoms with E-state index in [1.54, 1.807) is 12.1 Å². The highest BCUT2D eigenvalue weighted by atomic mass is 79.9. The molecule has 2 aromatic carbocycles. The number of rotatable bonds is 5. The summed E-state index contributed by atoms with van der Waals surface area (Å²) < 4.78 is 19.5. The van der Waals surface area contributed by atoms with Crippen LogP contribution in [-0.4, -0.2) is 6.61 Å². The van der Waals surface area contributed by atoms with Crippen molar-refractivity contribution in [2.45, 2.75) is 24.9 Å². The number of halogens is 3. The van der Waals surface area contributed by atoms with E-state index < -0.39 is 0 Å². The van der Waals surface area contributed by atoms with Crippen LogP contribution < -0.4 is 0 Å². The topological polar surface area (TPSA) is 9.23 Å². The molecular weight excluding hydrogens is 355 g/mol. The molecule has 1 nitrogen and oxygen atoms in total. The molecule has 0 radical (unpaired) electrons. The minimum absolute atomic E-state index is 0.113. The first kappa shape index (κ1) is 15.0. The van der Waals surface area contributed by atoms with Gasteiger partial charge in [-0.25, -0.2) is 4.39 Å². The molecule has 1 saturated carbocycles. The predicted octanol–water partition coefficient (Wildman–Crippen LogP) is 5.49. The lowest BCUT2D eigenvalue weighted by atomic mass is 9.97. The zero-order valence-electron chi connectivity index (χ0n) is 11.4. The molecule has 0 atom stereocenters. The lowest BCUT2D eigenvalue weighted by molar-refractivity contribution is 0.100. The van der Waals surface area contributed by atoms with Crippen molar-refractivity contribution in [1.29, 1.82) is 0 Å². The van der Waals surface area contributed by atoms with Crippen LogP contribution in [0.3, 0.4) is 0 Å². The molecule has 0 saturated heterocycles. The molecule has 4 heteroatoms. The fraction of sp³-hybridized carbons (Fsp3) is 0.294. The summed E-state index contributed by atoms with van der Waals surface area (Å²) in [5.74, 6) is -0.253. The Morgan fingerprint density at radius 1 is 1.19 bits per heavy atom. The molecule has 110 valence electrons. The molecule has 0 N–H and O–H groups in total. The summed E-state index contributed by atoms with van der Waals surface area (Å²) in [4.78, 5) is 0. The summed E-state index contributed by atoms with van der Waals surface area (Å²) in [6.07, 6.45) is 2.25. The summed E-state index contributed by atoms with van der Waals surface area (Å²) in [5.41, 5.74) is 2.32. The summed E-state index contributed by atoms with van der Waals surface area (Å²) in [6, 6.07) is 13.0. The Bertz CT molecular complexity index is 655. The summed E-state index contributed by atoms with van der Waals surface area (Å²) in [6.45, 7) is 1.16. The molecule has 2 aromatic rings. The van der Waals surface area contributed by atoms with Gasteiger partial charge in [-0.05, 0) is 64.2 Å². The van der Waals surface area contributed by atoms with Gasteiger partial charge >= 0.3 is 0 Å². The maximum Gasteiger partial charge on any atom is 0.137 e. The molecule has 1 fully saturated rings. The SMILES string of the molecule is Fc1ccc(COCC2(c3cccc(Cl)c3)CC2)cc1Br. The smallest absolute Gasteiger partial charge is 0.137 e. The minimum atomic E-state index is -0.253. The van der Waals surface area contributed by atoms with E-state index >= 15 is 0 Å². The zero-order chi connectivity index (χ0) is 14.9. The predicted molar refractivity (Wildman–Crippen MR) is 86.1 cm³/mol. The second kappa shape index (κ2) is 6.07. The van der Waals surface area contributed by atoms with Crippen molar-refractivity contribution in [1.82, 2.24) is 0 Å². The summed E-state index contributed by atoms with van der Waals surface area (Å²) in [7, 11) is 0. The molecule has 21 heavy (non-hydrogen) atoms. The molecule has 0 amide bonds. The number of benzene rings is 2. The van der Waals surface area contributed by atoms with Gasteiger partial charge in [0.1, 0.15) is 5.82 Å². The van der Waals surface area contributed by atoms with E-state index in [9.17, 15) is 4.39 Å². The lowest BCUT2D eigenvalue weighted by Crippen LogP contribution is -2.15. The van der Waals surface area contributed by atoms with Crippen LogP contribution in [0.5, 0.6) is 0 Å². The lowest BCUT2D eigenvalue weighted by Gasteiger charge is -2.16. The Labute approximate surface area is 137 Å². The van der Waals surface area contributed by atoms with Crippen molar-refractivity contribution in [3.05, 3.63) is 68.9 Å². The third-order valence-electron chi connectivity index (χ3n) is 3.92. The molecule has 1 aliphatic rings. The van der Waals surface area contributed by atoms with Crippen LogP contribution in [0, 0.1) is 5.82 Å². The van der Waals surface area contributed by atoms with Gasteiger partial charge < -0.3 is 4.74 Å². The largest absolute Gasteiger partial charge is 0.376 e. The second-order valence-corrected chi connectivity index (χ2v) is 6.82. The number of hydrogen-bond acceptors (Lipinski definition) is 1. The van der Waals surface area contributed by atoms with Gasteiger partial charge in [0.15, 0.2) is 0 Å². The Balaban J connectivity index is 1.61. The van der Waals surface area contributed by atoms with Gasteiger partial charge in [-0.15, -0.1) is 0 Å². The maximum absolute atomic E-state index is 13.2. The van der Waals surface area contributed by atoms with E-state index in [1.807, 2.05) is 18.2 Å². The highest BCUT2D eigenvalue weighted by Gasteiger charge is 2.44. The van der Waals surface area contributed by atoms with Crippen LogP contribution in [0.4, 0.5) is 4.39 Å². The second-order valence-electron chi connectivity index (χ2n) is 5.53. The molecule has 1 aliphatic carbocycles. The van der Waals surface area contributed by atoms with Crippen molar-refractivity contribution >= 4 is 27.5 Å². The van der Waals surface area contributed by atoms with E-state index in [-0.39, 0.29) is 11.2 Å². The highest BCUT2D eigenvalue weighted by Crippen LogP contribution is 2.48. The maximum atomic E-state index is 13.2. The van der Waals surface area contributed by atoms with Crippen molar-refractivity contribution in [3.63, 3.8) is 0 Å². The van der Waals surface area contributed by atoms with E-state index in [0.717, 1.165) is 23.4 Å². The third-order valence-corrected chi connectivity index (χ3v) is 4.76. The fourth-order valence-corrected chi connectivity index (χ4v) is 3.10. The average molecular weight is 370 g/mol. The molecular formula is C17H15BrClFO. The Kier molecular flexibility index (Phi) is 4.34. The standard InChI is InChI=1S/C17H15BrClFO/c18-15-8-12(4-5-16(15)20)10-21-11-17(6-7-17)13-2-1-3-14(19)9-13/h1-5,8-9H,6-7,10-11H2. The van der Waals surface area contributed by atoms with Crippen LogP contribution in [0.25, 0.3) is 0 Å². The highest BCUT2D eigenvalue weighted by molar-refractivity contribution is 9.10. The van der Waals surface area contributed by atoms with Crippen LogP contribution in [0.15, 0.2) is 46.9 Å². The summed E-state index contributed by atoms with van der Waals surface area (Å²) in [5, 5.41) is 0.765. The Hall–Kier alpha value is -0.900. The van der Waals surface area contributed by atoms with Gasteiger partial charge in [0.25, 0.3) is 0 Å². The minimum Gasteiger partial charge on any atom is -0.376 e. The first-order valence-electron chi connectivity index (χ1n) is 6.87. The van der Waals surface area contributed by atoms with Gasteiger partial charge in [-0.3, -0.25) is 0 Å². The molecule has 0 aromatic heterocycles. The number of hydrogen-bond donors (Lipinski definition) is 0. The molecule has 0 spiro atoms. The normalized spacial score (nSPS) is 16.0. The van der Waals surface area contributed by atoms with Gasteiger partial charge in [0.2, 0.25) is 0 Å². The monoisotopic (exact) mass is 368 g/mol. The van der Waals surface area contributed by atoms with Crippen LogP contribution in [0.1, 0.15) is 24.0 Å². The fourth-order valence-electron chi connectivity index (χ4n) is 2.48. The quantitative estimate of drug-likeness (QED) is 0.677. The van der Waals surface area contributed by atoms with Gasteiger partial charge in [-0.1, -0.05) is 29.8 Å². The first-order valence-corrected chi connectivity index (χ1v) is 8.04. The molecule has 3 rings (SSSR count). The molecule has 0 bridgehead atoms. The Morgan fingerprint density at radius 3 is 2.67 bits per heavy atom. The summed E-state index contributed by atoms with van der Waals surface area (Å²) >= 11 is 9.25. The molecule has 0 heterocycles. The molecule has 0 aliphatic heterocycles. The van der Waals surface area contributed by atoms with Crippen LogP contribution in [0.2, 0.25) is 5.02 Å². The Morgan fingerprint density at radius 2 is 2.00 bits per heavy atom. The van der Waals surface area contributed by atoms with E-state index in [2.05, 4.69) is 22.0 Å². The van der Waals surface area contributed by atoms with Crippen molar-refractivity contribution in [2.24, 2.45) is 0 Å². The van der Waals surface area contributed by atoms with Crippen LogP contribution in [-0.2, 0) is 16.8 Å². The van der Waals surface area contributed by atoms with Crippen LogP contribution >= 0.6 is 27.5 Å². The third kappa shape index (κ3) is 3.47.